The molecule has 0 spiro atoms. The molecule has 0 aliphatic carbocycles. The Morgan fingerprint density at radius 1 is 1.24 bits per heavy atom. The first-order chi connectivity index (χ1) is 10.1. The Bertz CT molecular complexity index is 481. The van der Waals surface area contributed by atoms with Crippen molar-refractivity contribution in [3.63, 3.8) is 0 Å². The van der Waals surface area contributed by atoms with E-state index < -0.39 is 5.97 Å². The highest BCUT2D eigenvalue weighted by Crippen LogP contribution is 2.06. The van der Waals surface area contributed by atoms with Gasteiger partial charge in [0.1, 0.15) is 6.61 Å². The molecule has 0 heterocycles. The molecule has 0 aliphatic rings. The van der Waals surface area contributed by atoms with Crippen LogP contribution in [0.15, 0.2) is 30.3 Å². The highest BCUT2D eigenvalue weighted by molar-refractivity contribution is 5.85. The summed E-state index contributed by atoms with van der Waals surface area (Å²) in [5.74, 6) is -1.18. The van der Waals surface area contributed by atoms with Crippen molar-refractivity contribution >= 4 is 18.0 Å². The number of ether oxygens (including phenoxy) is 2. The third-order valence-electron chi connectivity index (χ3n) is 2.55. The third kappa shape index (κ3) is 7.86. The van der Waals surface area contributed by atoms with Crippen LogP contribution in [0.5, 0.6) is 0 Å². The van der Waals surface area contributed by atoms with E-state index in [2.05, 4.69) is 5.32 Å². The summed E-state index contributed by atoms with van der Waals surface area (Å²) in [6, 6.07) is 7.23. The number of nitrogens with one attached hydrogen (secondary N) is 1. The Kier molecular flexibility index (Phi) is 7.78. The predicted octanol–water partition coefficient (Wildman–Crippen LogP) is 1.06. The van der Waals surface area contributed by atoms with E-state index in [1.165, 1.54) is 6.08 Å². The average Bonchev–Trinajstić information content (AvgIpc) is 2.48. The fraction of sp³-hybridized carbons (Fsp3) is 0.333. The minimum atomic E-state index is -0.986. The Morgan fingerprint density at radius 2 is 1.95 bits per heavy atom. The molecule has 1 aromatic carbocycles. The molecule has 0 saturated carbocycles. The number of carbonyl (C=O) groups is 2. The minimum absolute atomic E-state index is 0.00277. The van der Waals surface area contributed by atoms with Gasteiger partial charge in [-0.05, 0) is 17.2 Å². The van der Waals surface area contributed by atoms with Crippen molar-refractivity contribution in [2.45, 2.75) is 6.54 Å². The molecule has 0 unspecified atom stereocenters. The average molecular weight is 293 g/mol. The Morgan fingerprint density at radius 3 is 2.57 bits per heavy atom. The van der Waals surface area contributed by atoms with Crippen LogP contribution in [0.4, 0.5) is 0 Å². The summed E-state index contributed by atoms with van der Waals surface area (Å²) in [5, 5.41) is 11.3. The lowest BCUT2D eigenvalue weighted by atomic mass is 10.1. The maximum Gasteiger partial charge on any atom is 0.328 e. The van der Waals surface area contributed by atoms with E-state index in [0.29, 0.717) is 19.8 Å². The number of rotatable bonds is 9. The Hall–Kier alpha value is -2.18. The molecule has 0 bridgehead atoms. The van der Waals surface area contributed by atoms with Crippen LogP contribution in [0.25, 0.3) is 6.08 Å². The molecule has 21 heavy (non-hydrogen) atoms. The zero-order chi connectivity index (χ0) is 15.5. The van der Waals surface area contributed by atoms with Crippen molar-refractivity contribution < 1.29 is 24.2 Å². The number of carboxylic acids is 1. The second-order valence-corrected chi connectivity index (χ2v) is 4.24. The second kappa shape index (κ2) is 9.68. The molecule has 0 aliphatic heterocycles. The van der Waals surface area contributed by atoms with Crippen LogP contribution in [0.1, 0.15) is 11.1 Å². The number of methoxy groups -OCH3 is 1. The molecule has 2 N–H and O–H groups in total. The molecule has 0 fully saturated rings. The van der Waals surface area contributed by atoms with Crippen LogP contribution in [0.3, 0.4) is 0 Å². The van der Waals surface area contributed by atoms with Crippen molar-refractivity contribution in [1.82, 2.24) is 5.32 Å². The topological polar surface area (TPSA) is 84.9 Å². The number of benzene rings is 1. The number of aliphatic carboxylic acids is 1. The standard InChI is InChI=1S/C15H19NO5/c1-20-8-9-21-11-14(17)16-10-13-4-2-12(3-5-13)6-7-15(18)19/h2-7H,8-11H2,1H3,(H,16,17)(H,18,19)/b7-6+. The van der Waals surface area contributed by atoms with Crippen LogP contribution in [-0.4, -0.2) is 43.9 Å². The molecule has 1 aromatic rings. The van der Waals surface area contributed by atoms with E-state index >= 15 is 0 Å². The summed E-state index contributed by atoms with van der Waals surface area (Å²) >= 11 is 0. The van der Waals surface area contributed by atoms with Crippen LogP contribution in [0, 0.1) is 0 Å². The Balaban J connectivity index is 2.32. The lowest BCUT2D eigenvalue weighted by Gasteiger charge is -2.06. The van der Waals surface area contributed by atoms with E-state index in [1.807, 2.05) is 12.1 Å². The molecule has 0 aromatic heterocycles. The Labute approximate surface area is 123 Å². The zero-order valence-electron chi connectivity index (χ0n) is 11.9. The van der Waals surface area contributed by atoms with Gasteiger partial charge in [0.15, 0.2) is 0 Å². The van der Waals surface area contributed by atoms with E-state index in [0.717, 1.165) is 17.2 Å². The summed E-state index contributed by atoms with van der Waals surface area (Å²) in [6.07, 6.45) is 2.59. The van der Waals surface area contributed by atoms with Crippen molar-refractivity contribution in [1.29, 1.82) is 0 Å². The van der Waals surface area contributed by atoms with Gasteiger partial charge >= 0.3 is 5.97 Å². The molecule has 114 valence electrons. The van der Waals surface area contributed by atoms with Crippen molar-refractivity contribution in [2.24, 2.45) is 0 Å². The molecule has 0 saturated heterocycles. The molecular formula is C15H19NO5. The van der Waals surface area contributed by atoms with Gasteiger partial charge in [0.05, 0.1) is 13.2 Å². The highest BCUT2D eigenvalue weighted by Gasteiger charge is 2.01. The highest BCUT2D eigenvalue weighted by atomic mass is 16.5. The van der Waals surface area contributed by atoms with E-state index in [-0.39, 0.29) is 12.5 Å². The fourth-order valence-corrected chi connectivity index (χ4v) is 1.47. The number of carboxylic acid groups (broad SMARTS) is 1. The predicted molar refractivity (Wildman–Crippen MR) is 77.7 cm³/mol. The zero-order valence-corrected chi connectivity index (χ0v) is 11.9. The number of hydrogen-bond donors (Lipinski definition) is 2. The van der Waals surface area contributed by atoms with Gasteiger partial charge in [-0.3, -0.25) is 4.79 Å². The van der Waals surface area contributed by atoms with Crippen molar-refractivity contribution in [3.8, 4) is 0 Å². The first-order valence-corrected chi connectivity index (χ1v) is 6.45. The molecule has 0 radical (unpaired) electrons. The first kappa shape index (κ1) is 16.9. The van der Waals surface area contributed by atoms with Crippen molar-refractivity contribution in [3.05, 3.63) is 41.5 Å². The molecule has 1 rings (SSSR count). The summed E-state index contributed by atoms with van der Waals surface area (Å²) in [6.45, 7) is 1.24. The normalized spacial score (nSPS) is 10.7. The maximum absolute atomic E-state index is 11.5. The molecule has 0 atom stereocenters. The van der Waals surface area contributed by atoms with E-state index in [4.69, 9.17) is 14.6 Å². The largest absolute Gasteiger partial charge is 0.478 e. The van der Waals surface area contributed by atoms with E-state index in [9.17, 15) is 9.59 Å². The smallest absolute Gasteiger partial charge is 0.328 e. The van der Waals surface area contributed by atoms with Crippen molar-refractivity contribution in [2.75, 3.05) is 26.9 Å². The number of amides is 1. The molecule has 6 nitrogen and oxygen atoms in total. The minimum Gasteiger partial charge on any atom is -0.478 e. The van der Waals surface area contributed by atoms with Gasteiger partial charge in [-0.1, -0.05) is 24.3 Å². The fourth-order valence-electron chi connectivity index (χ4n) is 1.47. The van der Waals surface area contributed by atoms with Crippen LogP contribution in [0.2, 0.25) is 0 Å². The summed E-state index contributed by atoms with van der Waals surface area (Å²) in [5.41, 5.74) is 1.71. The molecule has 1 amide bonds. The molecular weight excluding hydrogens is 274 g/mol. The summed E-state index contributed by atoms with van der Waals surface area (Å²) < 4.78 is 9.90. The van der Waals surface area contributed by atoms with Crippen LogP contribution >= 0.6 is 0 Å². The van der Waals surface area contributed by atoms with Gasteiger partial charge in [-0.15, -0.1) is 0 Å². The van der Waals surface area contributed by atoms with Crippen LogP contribution in [-0.2, 0) is 25.6 Å². The van der Waals surface area contributed by atoms with Gasteiger partial charge in [0.2, 0.25) is 5.91 Å². The molecule has 6 heteroatoms. The quantitative estimate of drug-likeness (QED) is 0.525. The monoisotopic (exact) mass is 293 g/mol. The second-order valence-electron chi connectivity index (χ2n) is 4.24. The lowest BCUT2D eigenvalue weighted by Crippen LogP contribution is -2.27. The number of carbonyl (C=O) groups excluding carboxylic acids is 1. The SMILES string of the molecule is COCCOCC(=O)NCc1ccc(/C=C/C(=O)O)cc1. The van der Waals surface area contributed by atoms with Crippen LogP contribution < -0.4 is 5.32 Å². The summed E-state index contributed by atoms with van der Waals surface area (Å²) in [4.78, 5) is 21.9. The van der Waals surface area contributed by atoms with Gasteiger partial charge in [0.25, 0.3) is 0 Å². The van der Waals surface area contributed by atoms with Gasteiger partial charge < -0.3 is 19.9 Å². The van der Waals surface area contributed by atoms with Gasteiger partial charge in [-0.25, -0.2) is 4.79 Å². The number of hydrogen-bond acceptors (Lipinski definition) is 4. The third-order valence-corrected chi connectivity index (χ3v) is 2.55. The first-order valence-electron chi connectivity index (χ1n) is 6.45. The lowest BCUT2D eigenvalue weighted by molar-refractivity contribution is -0.131. The van der Waals surface area contributed by atoms with Gasteiger partial charge in [0, 0.05) is 19.7 Å². The van der Waals surface area contributed by atoms with E-state index in [1.54, 1.807) is 19.2 Å². The maximum atomic E-state index is 11.5. The van der Waals surface area contributed by atoms with Gasteiger partial charge in [-0.2, -0.15) is 0 Å². The summed E-state index contributed by atoms with van der Waals surface area (Å²) in [7, 11) is 1.57.